The number of hydrogen-bond acceptors (Lipinski definition) is 5. The Balaban J connectivity index is 1.19. The normalized spacial score (nSPS) is 14.3. The number of piperazine rings is 1. The van der Waals surface area contributed by atoms with Crippen LogP contribution in [0.5, 0.6) is 5.75 Å². The van der Waals surface area contributed by atoms with Gasteiger partial charge in [-0.05, 0) is 48.9 Å². The van der Waals surface area contributed by atoms with Crippen LogP contribution < -0.4 is 9.64 Å². The molecule has 0 N–H and O–H groups in total. The summed E-state index contributed by atoms with van der Waals surface area (Å²) in [7, 11) is 0. The lowest BCUT2D eigenvalue weighted by Crippen LogP contribution is -2.49. The smallest absolute Gasteiger partial charge is 0.417 e. The van der Waals surface area contributed by atoms with Crippen LogP contribution in [0.25, 0.3) is 5.65 Å². The zero-order chi connectivity index (χ0) is 25.3. The van der Waals surface area contributed by atoms with Crippen molar-refractivity contribution in [1.29, 1.82) is 0 Å². The van der Waals surface area contributed by atoms with Crippen molar-refractivity contribution in [3.05, 3.63) is 89.5 Å². The molecule has 0 spiro atoms. The fourth-order valence-electron chi connectivity index (χ4n) is 4.21. The number of ether oxygens (including phenoxy) is 1. The van der Waals surface area contributed by atoms with Gasteiger partial charge >= 0.3 is 6.18 Å². The van der Waals surface area contributed by atoms with E-state index in [0.29, 0.717) is 43.3 Å². The number of anilines is 1. The molecule has 4 aromatic rings. The summed E-state index contributed by atoms with van der Waals surface area (Å²) in [6.07, 6.45) is 0.278. The summed E-state index contributed by atoms with van der Waals surface area (Å²) < 4.78 is 46.2. The van der Waals surface area contributed by atoms with E-state index in [4.69, 9.17) is 4.74 Å². The van der Waals surface area contributed by atoms with E-state index in [1.165, 1.54) is 6.07 Å². The van der Waals surface area contributed by atoms with Crippen LogP contribution in [0.2, 0.25) is 0 Å². The molecule has 10 heteroatoms. The van der Waals surface area contributed by atoms with Gasteiger partial charge in [0, 0.05) is 50.3 Å². The second-order valence-electron chi connectivity index (χ2n) is 8.65. The number of carbonyl (C=O) groups is 1. The largest absolute Gasteiger partial charge is 0.487 e. The first-order chi connectivity index (χ1) is 17.3. The number of pyridine rings is 2. The van der Waals surface area contributed by atoms with Crippen LogP contribution >= 0.6 is 0 Å². The number of nitrogens with zero attached hydrogens (tertiary/aromatic N) is 5. The molecular weight excluding hydrogens is 471 g/mol. The van der Waals surface area contributed by atoms with Gasteiger partial charge in [-0.3, -0.25) is 4.79 Å². The molecule has 0 saturated carbocycles. The molecule has 0 radical (unpaired) electrons. The average Bonchev–Trinajstić information content (AvgIpc) is 3.32. The van der Waals surface area contributed by atoms with Crippen molar-refractivity contribution >= 4 is 17.4 Å². The highest BCUT2D eigenvalue weighted by Gasteiger charge is 2.31. The van der Waals surface area contributed by atoms with Gasteiger partial charge in [0.25, 0.3) is 5.91 Å². The van der Waals surface area contributed by atoms with Crippen LogP contribution in [0.3, 0.4) is 0 Å². The number of fused-ring (bicyclic) bond motifs is 1. The lowest BCUT2D eigenvalue weighted by atomic mass is 10.1. The maximum absolute atomic E-state index is 13.1. The highest BCUT2D eigenvalue weighted by Crippen LogP contribution is 2.29. The van der Waals surface area contributed by atoms with Crippen molar-refractivity contribution in [3.63, 3.8) is 0 Å². The summed E-state index contributed by atoms with van der Waals surface area (Å²) in [5.74, 6) is 0.915. The Morgan fingerprint density at radius 3 is 2.56 bits per heavy atom. The lowest BCUT2D eigenvalue weighted by Gasteiger charge is -2.35. The number of aromatic nitrogens is 3. The van der Waals surface area contributed by atoms with Crippen molar-refractivity contribution in [2.75, 3.05) is 31.1 Å². The number of alkyl halides is 3. The fourth-order valence-corrected chi connectivity index (χ4v) is 4.21. The zero-order valence-corrected chi connectivity index (χ0v) is 19.6. The Morgan fingerprint density at radius 1 is 1.06 bits per heavy atom. The van der Waals surface area contributed by atoms with E-state index in [2.05, 4.69) is 9.97 Å². The number of halogens is 3. The molecule has 5 rings (SSSR count). The molecule has 0 aliphatic carbocycles. The SMILES string of the molecule is Cc1cccn2cc(COc3cccc(C(=O)N4CCN(c5ccc(C(F)(F)F)cn5)CC4)c3)nc12. The topological polar surface area (TPSA) is 63.0 Å². The van der Waals surface area contributed by atoms with E-state index in [0.717, 1.165) is 29.2 Å². The zero-order valence-electron chi connectivity index (χ0n) is 19.6. The van der Waals surface area contributed by atoms with Crippen molar-refractivity contribution in [2.24, 2.45) is 0 Å². The first-order valence-corrected chi connectivity index (χ1v) is 11.5. The standard InChI is InChI=1S/C26H24F3N5O2/c1-18-4-3-9-34-16-21(31-24(18)34)17-36-22-6-2-5-19(14-22)25(35)33-12-10-32(11-13-33)23-8-7-20(15-30-23)26(27,28)29/h2-9,14-16H,10-13,17H2,1H3. The first kappa shape index (κ1) is 23.7. The third kappa shape index (κ3) is 4.98. The molecule has 7 nitrogen and oxygen atoms in total. The lowest BCUT2D eigenvalue weighted by molar-refractivity contribution is -0.137. The minimum atomic E-state index is -4.42. The van der Waals surface area contributed by atoms with Crippen molar-refractivity contribution in [3.8, 4) is 5.75 Å². The number of benzene rings is 1. The molecular formula is C26H24F3N5O2. The van der Waals surface area contributed by atoms with Gasteiger partial charge in [-0.25, -0.2) is 9.97 Å². The van der Waals surface area contributed by atoms with Crippen LogP contribution in [0.15, 0.2) is 67.1 Å². The monoisotopic (exact) mass is 495 g/mol. The summed E-state index contributed by atoms with van der Waals surface area (Å²) in [5.41, 5.74) is 2.48. The van der Waals surface area contributed by atoms with E-state index in [-0.39, 0.29) is 12.5 Å². The molecule has 36 heavy (non-hydrogen) atoms. The molecule has 0 bridgehead atoms. The minimum absolute atomic E-state index is 0.121. The third-order valence-corrected chi connectivity index (χ3v) is 6.16. The second kappa shape index (κ2) is 9.52. The molecule has 0 atom stereocenters. The molecule has 1 fully saturated rings. The van der Waals surface area contributed by atoms with Crippen molar-refractivity contribution in [1.82, 2.24) is 19.3 Å². The van der Waals surface area contributed by atoms with Gasteiger partial charge in [0.05, 0.1) is 11.3 Å². The summed E-state index contributed by atoms with van der Waals surface area (Å²) in [6.45, 7) is 4.11. The number of hydrogen-bond donors (Lipinski definition) is 0. The first-order valence-electron chi connectivity index (χ1n) is 11.5. The summed E-state index contributed by atoms with van der Waals surface area (Å²) in [5, 5.41) is 0. The maximum atomic E-state index is 13.1. The Kier molecular flexibility index (Phi) is 6.26. The van der Waals surface area contributed by atoms with Crippen LogP contribution in [0.1, 0.15) is 27.2 Å². The van der Waals surface area contributed by atoms with E-state index < -0.39 is 11.7 Å². The molecule has 3 aromatic heterocycles. The molecule has 1 saturated heterocycles. The molecule has 4 heterocycles. The van der Waals surface area contributed by atoms with E-state index in [9.17, 15) is 18.0 Å². The van der Waals surface area contributed by atoms with Gasteiger partial charge < -0.3 is 18.9 Å². The highest BCUT2D eigenvalue weighted by atomic mass is 19.4. The summed E-state index contributed by atoms with van der Waals surface area (Å²) in [4.78, 5) is 25.2. The Bertz CT molecular complexity index is 1380. The number of rotatable bonds is 5. The molecule has 1 amide bonds. The fraction of sp³-hybridized carbons (Fsp3) is 0.269. The van der Waals surface area contributed by atoms with Gasteiger partial charge in [0.1, 0.15) is 23.8 Å². The van der Waals surface area contributed by atoms with Crippen LogP contribution in [-0.4, -0.2) is 51.4 Å². The predicted molar refractivity (Wildman–Crippen MR) is 128 cm³/mol. The Morgan fingerprint density at radius 2 is 1.86 bits per heavy atom. The predicted octanol–water partition coefficient (Wildman–Crippen LogP) is 4.60. The van der Waals surface area contributed by atoms with Gasteiger partial charge in [-0.1, -0.05) is 12.1 Å². The summed E-state index contributed by atoms with van der Waals surface area (Å²) in [6, 6.07) is 13.4. The van der Waals surface area contributed by atoms with E-state index in [1.54, 1.807) is 29.2 Å². The molecule has 1 aliphatic rings. The van der Waals surface area contributed by atoms with Crippen molar-refractivity contribution < 1.29 is 22.7 Å². The highest BCUT2D eigenvalue weighted by molar-refractivity contribution is 5.94. The average molecular weight is 496 g/mol. The van der Waals surface area contributed by atoms with Crippen molar-refractivity contribution in [2.45, 2.75) is 19.7 Å². The van der Waals surface area contributed by atoms with E-state index in [1.807, 2.05) is 40.8 Å². The quantitative estimate of drug-likeness (QED) is 0.405. The number of aryl methyl sites for hydroxylation is 1. The minimum Gasteiger partial charge on any atom is -0.487 e. The number of carbonyl (C=O) groups excluding carboxylic acids is 1. The van der Waals surface area contributed by atoms with Crippen LogP contribution in [0.4, 0.5) is 19.0 Å². The molecule has 1 aliphatic heterocycles. The number of imidazole rings is 1. The molecule has 0 unspecified atom stereocenters. The van der Waals surface area contributed by atoms with Gasteiger partial charge in [0.2, 0.25) is 0 Å². The Hall–Kier alpha value is -4.08. The summed E-state index contributed by atoms with van der Waals surface area (Å²) >= 11 is 0. The molecule has 1 aromatic carbocycles. The maximum Gasteiger partial charge on any atom is 0.417 e. The van der Waals surface area contributed by atoms with Gasteiger partial charge in [0.15, 0.2) is 0 Å². The van der Waals surface area contributed by atoms with Gasteiger partial charge in [-0.2, -0.15) is 13.2 Å². The Labute approximate surface area is 205 Å². The van der Waals surface area contributed by atoms with Gasteiger partial charge in [-0.15, -0.1) is 0 Å². The third-order valence-electron chi connectivity index (χ3n) is 6.16. The van der Waals surface area contributed by atoms with E-state index >= 15 is 0 Å². The van der Waals surface area contributed by atoms with Crippen LogP contribution in [-0.2, 0) is 12.8 Å². The second-order valence-corrected chi connectivity index (χ2v) is 8.65. The number of amides is 1. The molecule has 186 valence electrons. The van der Waals surface area contributed by atoms with Crippen LogP contribution in [0, 0.1) is 6.92 Å².